The Bertz CT molecular complexity index is 1460. The van der Waals surface area contributed by atoms with Crippen LogP contribution in [0.15, 0.2) is 36.5 Å². The standard InChI is InChI=1S/C66H122O14/c1-3-5-7-9-11-13-15-17-19-21-23-25-26-27-28-30-32-34-36-38-40-42-44-46-48-50-75-52-55(53-76-65-64(74)62(72)60(70)57(80-65)54-77-66-63(73)61(71)59(69)56(51-67)79-66)78-58(68)49-47-45-43-41-39-37-35-33-31-29-24-22-20-18-16-14-12-10-8-6-4-2/h16,18,22,24,31,33,55-57,59-67,69-74H,3-15,17,19-21,23,25-30,32,34-54H2,1-2H3/b18-16-,24-22-,33-31-. The van der Waals surface area contributed by atoms with E-state index < -0.39 is 80.7 Å². The van der Waals surface area contributed by atoms with Gasteiger partial charge in [-0.1, -0.05) is 256 Å². The molecule has 80 heavy (non-hydrogen) atoms. The maximum Gasteiger partial charge on any atom is 0.306 e. The van der Waals surface area contributed by atoms with E-state index in [0.717, 1.165) is 70.6 Å². The van der Waals surface area contributed by atoms with Gasteiger partial charge in [0.25, 0.3) is 0 Å². The number of aliphatic hydroxyl groups excluding tert-OH is 7. The minimum atomic E-state index is -1.71. The van der Waals surface area contributed by atoms with Gasteiger partial charge >= 0.3 is 5.97 Å². The number of unbranched alkanes of at least 4 members (excludes halogenated alkanes) is 35. The maximum atomic E-state index is 13.1. The van der Waals surface area contributed by atoms with Gasteiger partial charge in [0.15, 0.2) is 12.6 Å². The van der Waals surface area contributed by atoms with Gasteiger partial charge in [-0.25, -0.2) is 0 Å². The molecule has 2 aliphatic heterocycles. The third-order valence-electron chi connectivity index (χ3n) is 15.9. The molecule has 0 aromatic carbocycles. The molecule has 2 heterocycles. The average Bonchev–Trinajstić information content (AvgIpc) is 3.52. The molecule has 470 valence electrons. The molecule has 2 rings (SSSR count). The molecule has 2 fully saturated rings. The summed E-state index contributed by atoms with van der Waals surface area (Å²) in [7, 11) is 0. The Labute approximate surface area is 487 Å². The molecule has 0 aromatic heterocycles. The smallest absolute Gasteiger partial charge is 0.306 e. The molecular formula is C66H122O14. The van der Waals surface area contributed by atoms with Crippen LogP contribution >= 0.6 is 0 Å². The van der Waals surface area contributed by atoms with E-state index in [0.29, 0.717) is 13.0 Å². The summed E-state index contributed by atoms with van der Waals surface area (Å²) < 4.78 is 34.5. The second-order valence-corrected chi connectivity index (χ2v) is 23.3. The van der Waals surface area contributed by atoms with Crippen LogP contribution in [0.5, 0.6) is 0 Å². The van der Waals surface area contributed by atoms with Gasteiger partial charge in [0.2, 0.25) is 0 Å². The first-order valence-corrected chi connectivity index (χ1v) is 33.1. The lowest BCUT2D eigenvalue weighted by molar-refractivity contribution is -0.332. The van der Waals surface area contributed by atoms with Crippen molar-refractivity contribution in [2.75, 3.05) is 33.0 Å². The number of hydrogen-bond acceptors (Lipinski definition) is 14. The van der Waals surface area contributed by atoms with Crippen molar-refractivity contribution < 1.29 is 69.0 Å². The summed E-state index contributed by atoms with van der Waals surface area (Å²) in [5.41, 5.74) is 0. The largest absolute Gasteiger partial charge is 0.457 e. The van der Waals surface area contributed by atoms with Gasteiger partial charge in [-0.2, -0.15) is 0 Å². The Morgan fingerprint density at radius 1 is 0.412 bits per heavy atom. The Balaban J connectivity index is 1.66. The summed E-state index contributed by atoms with van der Waals surface area (Å²) in [6.07, 6.45) is 47.9. The third-order valence-corrected chi connectivity index (χ3v) is 15.9. The molecule has 7 N–H and O–H groups in total. The van der Waals surface area contributed by atoms with Crippen LogP contribution in [0.25, 0.3) is 0 Å². The fraction of sp³-hybridized carbons (Fsp3) is 0.894. The molecule has 2 aliphatic rings. The number of hydrogen-bond donors (Lipinski definition) is 7. The molecule has 0 amide bonds. The lowest BCUT2D eigenvalue weighted by atomic mass is 9.98. The van der Waals surface area contributed by atoms with Crippen molar-refractivity contribution in [3.63, 3.8) is 0 Å². The van der Waals surface area contributed by atoms with Crippen molar-refractivity contribution in [1.82, 2.24) is 0 Å². The van der Waals surface area contributed by atoms with Gasteiger partial charge in [-0.15, -0.1) is 0 Å². The lowest BCUT2D eigenvalue weighted by Crippen LogP contribution is -2.61. The summed E-state index contributed by atoms with van der Waals surface area (Å²) in [5, 5.41) is 72.5. The van der Waals surface area contributed by atoms with Gasteiger partial charge in [0.1, 0.15) is 54.9 Å². The molecule has 0 spiro atoms. The number of ether oxygens (including phenoxy) is 6. The second-order valence-electron chi connectivity index (χ2n) is 23.3. The zero-order valence-electron chi connectivity index (χ0n) is 50.8. The van der Waals surface area contributed by atoms with E-state index in [4.69, 9.17) is 28.4 Å². The lowest BCUT2D eigenvalue weighted by Gasteiger charge is -2.42. The topological polar surface area (TPSA) is 214 Å². The molecule has 0 aliphatic carbocycles. The van der Waals surface area contributed by atoms with Gasteiger partial charge in [0, 0.05) is 13.0 Å². The molecule has 0 radical (unpaired) electrons. The van der Waals surface area contributed by atoms with E-state index in [2.05, 4.69) is 50.3 Å². The van der Waals surface area contributed by atoms with Gasteiger partial charge in [0.05, 0.1) is 26.4 Å². The molecule has 0 saturated carbocycles. The number of esters is 1. The Morgan fingerprint density at radius 3 is 1.21 bits per heavy atom. The molecule has 0 bridgehead atoms. The van der Waals surface area contributed by atoms with Gasteiger partial charge in [-0.05, 0) is 51.4 Å². The van der Waals surface area contributed by atoms with Crippen molar-refractivity contribution in [3.05, 3.63) is 36.5 Å². The molecule has 0 aromatic rings. The van der Waals surface area contributed by atoms with Gasteiger partial charge < -0.3 is 64.2 Å². The highest BCUT2D eigenvalue weighted by molar-refractivity contribution is 5.69. The Morgan fingerprint density at radius 2 is 0.775 bits per heavy atom. The van der Waals surface area contributed by atoms with Crippen LogP contribution < -0.4 is 0 Å². The fourth-order valence-electron chi connectivity index (χ4n) is 10.6. The predicted molar refractivity (Wildman–Crippen MR) is 321 cm³/mol. The first-order chi connectivity index (χ1) is 39.1. The summed E-state index contributed by atoms with van der Waals surface area (Å²) in [6.45, 7) is 3.72. The number of carbonyl (C=O) groups is 1. The maximum absolute atomic E-state index is 13.1. The SMILES string of the molecule is CCCCCCC/C=C\C/C=C\C/C=C\CCCCCCCCC(=O)OC(COCCCCCCCCCCCCCCCCCCCCCCCCCCC)COC1OC(COC2OC(CO)C(O)C(O)C2O)C(O)C(O)C1O. The third kappa shape index (κ3) is 38.2. The zero-order chi connectivity index (χ0) is 57.9. The minimum absolute atomic E-state index is 0.0597. The summed E-state index contributed by atoms with van der Waals surface area (Å²) in [4.78, 5) is 13.1. The molecule has 11 atom stereocenters. The molecule has 11 unspecified atom stereocenters. The highest BCUT2D eigenvalue weighted by Crippen LogP contribution is 2.27. The van der Waals surface area contributed by atoms with E-state index in [1.54, 1.807) is 0 Å². The molecular weight excluding hydrogens is 1020 g/mol. The monoisotopic (exact) mass is 1140 g/mol. The highest BCUT2D eigenvalue weighted by Gasteiger charge is 2.47. The number of allylic oxidation sites excluding steroid dienone is 6. The molecule has 14 nitrogen and oxygen atoms in total. The Kier molecular flexibility index (Phi) is 49.0. The van der Waals surface area contributed by atoms with E-state index in [1.807, 2.05) is 0 Å². The second kappa shape index (κ2) is 52.7. The summed E-state index contributed by atoms with van der Waals surface area (Å²) in [5.74, 6) is -0.383. The molecule has 2 saturated heterocycles. The quantitative estimate of drug-likeness (QED) is 0.0172. The van der Waals surface area contributed by atoms with Gasteiger partial charge in [-0.3, -0.25) is 4.79 Å². The van der Waals surface area contributed by atoms with Crippen LogP contribution in [-0.2, 0) is 33.2 Å². The Hall–Kier alpha value is -1.79. The predicted octanol–water partition coefficient (Wildman–Crippen LogP) is 13.3. The van der Waals surface area contributed by atoms with E-state index in [-0.39, 0.29) is 25.6 Å². The number of rotatable bonds is 55. The van der Waals surface area contributed by atoms with Crippen LogP contribution in [0.3, 0.4) is 0 Å². The van der Waals surface area contributed by atoms with Crippen molar-refractivity contribution >= 4 is 5.97 Å². The fourth-order valence-corrected chi connectivity index (χ4v) is 10.6. The van der Waals surface area contributed by atoms with Crippen LogP contribution in [0, 0.1) is 0 Å². The van der Waals surface area contributed by atoms with Crippen LogP contribution in [-0.4, -0.2) is 142 Å². The first kappa shape index (κ1) is 74.3. The van der Waals surface area contributed by atoms with E-state index >= 15 is 0 Å². The van der Waals surface area contributed by atoms with Crippen molar-refractivity contribution in [2.45, 2.75) is 345 Å². The highest BCUT2D eigenvalue weighted by atomic mass is 16.7. The zero-order valence-corrected chi connectivity index (χ0v) is 50.8. The van der Waals surface area contributed by atoms with E-state index in [1.165, 1.54) is 180 Å². The van der Waals surface area contributed by atoms with Crippen LogP contribution in [0.1, 0.15) is 277 Å². The minimum Gasteiger partial charge on any atom is -0.457 e. The van der Waals surface area contributed by atoms with Crippen LogP contribution in [0.2, 0.25) is 0 Å². The summed E-state index contributed by atoms with van der Waals surface area (Å²) in [6, 6.07) is 0. The number of carbonyl (C=O) groups excluding carboxylic acids is 1. The average molecular weight is 1140 g/mol. The van der Waals surface area contributed by atoms with Crippen molar-refractivity contribution in [2.24, 2.45) is 0 Å². The normalized spacial score (nSPS) is 24.0. The summed E-state index contributed by atoms with van der Waals surface area (Å²) >= 11 is 0. The number of aliphatic hydroxyl groups is 7. The van der Waals surface area contributed by atoms with E-state index in [9.17, 15) is 40.5 Å². The molecule has 14 heteroatoms. The van der Waals surface area contributed by atoms with Crippen LogP contribution in [0.4, 0.5) is 0 Å². The van der Waals surface area contributed by atoms with Crippen molar-refractivity contribution in [1.29, 1.82) is 0 Å². The first-order valence-electron chi connectivity index (χ1n) is 33.1. The van der Waals surface area contributed by atoms with Crippen molar-refractivity contribution in [3.8, 4) is 0 Å².